The summed E-state index contributed by atoms with van der Waals surface area (Å²) in [5.74, 6) is 1.97. The molecule has 5 heteroatoms. The van der Waals surface area contributed by atoms with Gasteiger partial charge in [-0.3, -0.25) is 4.79 Å². The molecule has 1 saturated heterocycles. The van der Waals surface area contributed by atoms with Crippen molar-refractivity contribution >= 4 is 5.97 Å². The zero-order valence-electron chi connectivity index (χ0n) is 22.1. The predicted molar refractivity (Wildman–Crippen MR) is 133 cm³/mol. The van der Waals surface area contributed by atoms with E-state index in [1.54, 1.807) is 7.11 Å². The molecular formula is C29H46INO3. The maximum Gasteiger partial charge on any atom is 0.311 e. The third-order valence-electron chi connectivity index (χ3n) is 10.3. The summed E-state index contributed by atoms with van der Waals surface area (Å²) in [6.45, 7) is 13.8. The summed E-state index contributed by atoms with van der Waals surface area (Å²) in [6, 6.07) is 2.88. The van der Waals surface area contributed by atoms with Gasteiger partial charge in [-0.15, -0.1) is 0 Å². The van der Waals surface area contributed by atoms with E-state index in [2.05, 4.69) is 40.5 Å². The third-order valence-corrected chi connectivity index (χ3v) is 10.3. The molecule has 6 atom stereocenters. The predicted octanol–water partition coefficient (Wildman–Crippen LogP) is 3.69. The topological polar surface area (TPSA) is 39.4 Å². The Labute approximate surface area is 224 Å². The van der Waals surface area contributed by atoms with Crippen LogP contribution in [0.2, 0.25) is 0 Å². The maximum absolute atomic E-state index is 12.9. The second kappa shape index (κ2) is 10.7. The van der Waals surface area contributed by atoms with Gasteiger partial charge in [0, 0.05) is 0 Å². The molecule has 0 amide bonds. The molecule has 4 rings (SSSR count). The van der Waals surface area contributed by atoms with Crippen LogP contribution in [0, 0.1) is 22.7 Å². The maximum atomic E-state index is 12.9. The molecule has 2 unspecified atom stereocenters. The quantitative estimate of drug-likeness (QED) is 0.222. The van der Waals surface area contributed by atoms with Crippen LogP contribution in [0.25, 0.3) is 0 Å². The minimum absolute atomic E-state index is 0. The molecule has 2 saturated carbocycles. The van der Waals surface area contributed by atoms with Crippen molar-refractivity contribution in [3.05, 3.63) is 35.8 Å². The number of furan rings is 1. The molecule has 0 bridgehead atoms. The van der Waals surface area contributed by atoms with Gasteiger partial charge in [-0.25, -0.2) is 0 Å². The van der Waals surface area contributed by atoms with Gasteiger partial charge in [0.1, 0.15) is 6.54 Å². The van der Waals surface area contributed by atoms with E-state index in [9.17, 15) is 4.79 Å². The Morgan fingerprint density at radius 2 is 2.00 bits per heavy atom. The van der Waals surface area contributed by atoms with Crippen molar-refractivity contribution in [1.29, 1.82) is 0 Å². The number of aryl methyl sites for hydroxylation is 1. The Kier molecular flexibility index (Phi) is 8.70. The van der Waals surface area contributed by atoms with Crippen LogP contribution in [0.1, 0.15) is 89.9 Å². The second-order valence-electron chi connectivity index (χ2n) is 12.2. The highest BCUT2D eigenvalue weighted by atomic mass is 127. The molecule has 3 fully saturated rings. The Hall–Kier alpha value is -0.820. The zero-order chi connectivity index (χ0) is 23.9. The number of piperidine rings is 1. The minimum Gasteiger partial charge on any atom is -1.00 e. The standard InChI is InChI=1S/C29H46NO3.HI/c1-21-11-14-26-28(3,16-9-17-29(26,4)27(31)32-6)24(21)13-12-23-15-19-33-25(23)20-30(5)18-8-7-10-22(30)2;/h15,19,22,24,26H,1,7-14,16-18,20H2,2-6H3;1H/q+1;/p-1/t22-,24+,26?,28-,29+,30?;/m1./s1. The fourth-order valence-electron chi connectivity index (χ4n) is 8.00. The summed E-state index contributed by atoms with van der Waals surface area (Å²) in [6.07, 6.45) is 13.3. The highest BCUT2D eigenvalue weighted by Crippen LogP contribution is 2.62. The number of fused-ring (bicyclic) bond motifs is 1. The van der Waals surface area contributed by atoms with Crippen molar-refractivity contribution in [1.82, 2.24) is 0 Å². The van der Waals surface area contributed by atoms with Crippen molar-refractivity contribution in [2.24, 2.45) is 22.7 Å². The average Bonchev–Trinajstić information content (AvgIpc) is 3.21. The summed E-state index contributed by atoms with van der Waals surface area (Å²) < 4.78 is 12.4. The Morgan fingerprint density at radius 1 is 1.24 bits per heavy atom. The Morgan fingerprint density at radius 3 is 2.71 bits per heavy atom. The van der Waals surface area contributed by atoms with E-state index in [1.165, 1.54) is 49.1 Å². The molecule has 3 aliphatic rings. The van der Waals surface area contributed by atoms with E-state index < -0.39 is 0 Å². The number of esters is 1. The second-order valence-corrected chi connectivity index (χ2v) is 12.2. The lowest BCUT2D eigenvalue weighted by Gasteiger charge is -2.57. The molecule has 34 heavy (non-hydrogen) atoms. The highest BCUT2D eigenvalue weighted by Gasteiger charge is 2.57. The van der Waals surface area contributed by atoms with Crippen LogP contribution in [-0.4, -0.2) is 37.2 Å². The summed E-state index contributed by atoms with van der Waals surface area (Å²) in [4.78, 5) is 12.9. The summed E-state index contributed by atoms with van der Waals surface area (Å²) in [7, 11) is 3.95. The largest absolute Gasteiger partial charge is 1.00 e. The van der Waals surface area contributed by atoms with Gasteiger partial charge in [-0.2, -0.15) is 0 Å². The van der Waals surface area contributed by atoms with Crippen LogP contribution in [0.4, 0.5) is 0 Å². The smallest absolute Gasteiger partial charge is 0.311 e. The van der Waals surface area contributed by atoms with Crippen molar-refractivity contribution in [3.8, 4) is 0 Å². The van der Waals surface area contributed by atoms with E-state index in [0.29, 0.717) is 17.9 Å². The molecule has 0 N–H and O–H groups in total. The molecule has 2 heterocycles. The lowest BCUT2D eigenvalue weighted by molar-refractivity contribution is -0.949. The van der Waals surface area contributed by atoms with Crippen LogP contribution in [0.5, 0.6) is 0 Å². The first-order valence-corrected chi connectivity index (χ1v) is 13.3. The fraction of sp³-hybridized carbons (Fsp3) is 0.759. The van der Waals surface area contributed by atoms with Crippen molar-refractivity contribution in [2.45, 2.75) is 97.6 Å². The highest BCUT2D eigenvalue weighted by molar-refractivity contribution is 5.77. The number of likely N-dealkylation sites (tertiary alicyclic amines) is 1. The average molecular weight is 584 g/mol. The molecule has 1 aromatic rings. The van der Waals surface area contributed by atoms with Gasteiger partial charge in [-0.1, -0.05) is 25.5 Å². The molecule has 0 aromatic carbocycles. The first-order chi connectivity index (χ1) is 15.6. The summed E-state index contributed by atoms with van der Waals surface area (Å²) >= 11 is 0. The number of hydrogen-bond acceptors (Lipinski definition) is 3. The Bertz CT molecular complexity index is 880. The monoisotopic (exact) mass is 583 g/mol. The number of quaternary nitrogens is 1. The van der Waals surface area contributed by atoms with Gasteiger partial charge >= 0.3 is 5.97 Å². The fourth-order valence-corrected chi connectivity index (χ4v) is 8.00. The lowest BCUT2D eigenvalue weighted by Crippen LogP contribution is -3.00. The molecule has 1 aromatic heterocycles. The molecule has 2 aliphatic carbocycles. The van der Waals surface area contributed by atoms with E-state index in [4.69, 9.17) is 9.15 Å². The normalized spacial score (nSPS) is 38.0. The van der Waals surface area contributed by atoms with Gasteiger partial charge < -0.3 is 37.6 Å². The number of methoxy groups -OCH3 is 1. The van der Waals surface area contributed by atoms with Crippen molar-refractivity contribution < 1.29 is 42.4 Å². The first-order valence-electron chi connectivity index (χ1n) is 13.3. The van der Waals surface area contributed by atoms with E-state index >= 15 is 0 Å². The lowest BCUT2D eigenvalue weighted by atomic mass is 9.46. The summed E-state index contributed by atoms with van der Waals surface area (Å²) in [5, 5.41) is 0. The number of rotatable bonds is 6. The van der Waals surface area contributed by atoms with Gasteiger partial charge in [0.15, 0.2) is 5.76 Å². The van der Waals surface area contributed by atoms with Crippen LogP contribution in [0.15, 0.2) is 28.9 Å². The molecular weight excluding hydrogens is 537 g/mol. The van der Waals surface area contributed by atoms with Crippen LogP contribution >= 0.6 is 0 Å². The van der Waals surface area contributed by atoms with Crippen LogP contribution in [0.3, 0.4) is 0 Å². The van der Waals surface area contributed by atoms with Crippen LogP contribution < -0.4 is 24.0 Å². The molecule has 0 spiro atoms. The number of allylic oxidation sites excluding steroid dienone is 1. The first kappa shape index (κ1) is 27.8. The molecule has 192 valence electrons. The van der Waals surface area contributed by atoms with Gasteiger partial charge in [0.25, 0.3) is 0 Å². The SMILES string of the molecule is C=C1CCC2[C@](C)(CCC[C@]2(C)C(=O)OC)[C@H]1CCc1ccoc1C[N+]1(C)CCCC[C@H]1C.[I-]. The number of hydrogen-bond donors (Lipinski definition) is 0. The number of carbonyl (C=O) groups is 1. The molecule has 1 aliphatic heterocycles. The van der Waals surface area contributed by atoms with Gasteiger partial charge in [-0.05, 0) is 101 Å². The molecule has 4 nitrogen and oxygen atoms in total. The van der Waals surface area contributed by atoms with Gasteiger partial charge in [0.05, 0.1) is 38.4 Å². The third kappa shape index (κ3) is 4.89. The minimum atomic E-state index is -0.370. The van der Waals surface area contributed by atoms with E-state index in [1.807, 2.05) is 6.26 Å². The summed E-state index contributed by atoms with van der Waals surface area (Å²) in [5.41, 5.74) is 2.50. The number of carbonyl (C=O) groups excluding carboxylic acids is 1. The van der Waals surface area contributed by atoms with Crippen molar-refractivity contribution in [3.63, 3.8) is 0 Å². The Balaban J connectivity index is 0.00000324. The number of halogens is 1. The zero-order valence-corrected chi connectivity index (χ0v) is 24.3. The molecule has 0 radical (unpaired) electrons. The van der Waals surface area contributed by atoms with Gasteiger partial charge in [0.2, 0.25) is 0 Å². The van der Waals surface area contributed by atoms with E-state index in [-0.39, 0.29) is 40.8 Å². The van der Waals surface area contributed by atoms with Crippen LogP contribution in [-0.2, 0) is 22.5 Å². The number of ether oxygens (including phenoxy) is 1. The number of nitrogens with zero attached hydrogens (tertiary/aromatic N) is 1. The van der Waals surface area contributed by atoms with Crippen molar-refractivity contribution in [2.75, 3.05) is 20.7 Å². The van der Waals surface area contributed by atoms with E-state index in [0.717, 1.165) is 49.6 Å².